The Hall–Kier alpha value is -2.51. The maximum atomic E-state index is 13.9. The topological polar surface area (TPSA) is 79.4 Å². The van der Waals surface area contributed by atoms with E-state index in [-0.39, 0.29) is 0 Å². The van der Waals surface area contributed by atoms with Crippen LogP contribution in [0.5, 0.6) is 0 Å². The van der Waals surface area contributed by atoms with Crippen LogP contribution in [-0.2, 0) is 22.1 Å². The number of ether oxygens (including phenoxy) is 1. The van der Waals surface area contributed by atoms with Crippen LogP contribution in [0.15, 0.2) is 42.6 Å². The fourth-order valence-corrected chi connectivity index (χ4v) is 7.29. The number of hydrogen-bond donors (Lipinski definition) is 2. The summed E-state index contributed by atoms with van der Waals surface area (Å²) in [5.41, 5.74) is 4.19. The molecule has 2 N–H and O–H groups in total. The third-order valence-electron chi connectivity index (χ3n) is 7.91. The fourth-order valence-electron chi connectivity index (χ4n) is 6.00. The van der Waals surface area contributed by atoms with Crippen molar-refractivity contribution in [2.75, 3.05) is 37.1 Å². The van der Waals surface area contributed by atoms with Crippen LogP contribution in [-0.4, -0.2) is 59.5 Å². The van der Waals surface area contributed by atoms with Crippen LogP contribution >= 0.6 is 18.7 Å². The van der Waals surface area contributed by atoms with Crippen molar-refractivity contribution in [2.45, 2.75) is 50.3 Å². The minimum absolute atomic E-state index is 0.307. The molecule has 2 aromatic carbocycles. The normalized spacial score (nSPS) is 23.2. The van der Waals surface area contributed by atoms with E-state index in [2.05, 4.69) is 43.7 Å². The number of nitrogens with zero attached hydrogens (tertiary/aromatic N) is 3. The molecule has 7 nitrogen and oxygen atoms in total. The van der Waals surface area contributed by atoms with E-state index >= 15 is 0 Å². The smallest absolute Gasteiger partial charge is 0.229 e. The van der Waals surface area contributed by atoms with Gasteiger partial charge in [0.25, 0.3) is 0 Å². The van der Waals surface area contributed by atoms with E-state index in [1.165, 1.54) is 42.3 Å². The summed E-state index contributed by atoms with van der Waals surface area (Å²) in [4.78, 5) is 11.6. The number of fused-ring (bicyclic) bond motifs is 3. The second-order valence-corrected chi connectivity index (χ2v) is 14.5. The van der Waals surface area contributed by atoms with E-state index in [1.54, 1.807) is 19.4 Å². The van der Waals surface area contributed by atoms with Crippen LogP contribution in [0.3, 0.4) is 0 Å². The van der Waals surface area contributed by atoms with Crippen LogP contribution in [0, 0.1) is 5.82 Å². The lowest BCUT2D eigenvalue weighted by atomic mass is 10.0. The van der Waals surface area contributed by atoms with Crippen LogP contribution in [0.25, 0.3) is 0 Å². The molecule has 3 aromatic rings. The Kier molecular flexibility index (Phi) is 6.93. The van der Waals surface area contributed by atoms with Crippen LogP contribution in [0.2, 0.25) is 5.02 Å². The molecule has 3 atom stereocenters. The molecule has 0 spiro atoms. The van der Waals surface area contributed by atoms with E-state index in [9.17, 15) is 8.96 Å². The molecular weight excluding hydrogens is 524 g/mol. The minimum atomic E-state index is -2.75. The number of rotatable bonds is 6. The van der Waals surface area contributed by atoms with Crippen molar-refractivity contribution in [1.29, 1.82) is 0 Å². The molecule has 0 saturated carbocycles. The second-order valence-electron chi connectivity index (χ2n) is 10.9. The average molecular weight is 556 g/mol. The van der Waals surface area contributed by atoms with Crippen molar-refractivity contribution in [3.63, 3.8) is 0 Å². The van der Waals surface area contributed by atoms with Crippen molar-refractivity contribution in [1.82, 2.24) is 14.9 Å². The number of hydrogen-bond acceptors (Lipinski definition) is 7. The van der Waals surface area contributed by atoms with Gasteiger partial charge in [0.05, 0.1) is 24.6 Å². The number of morpholine rings is 1. The number of nitrogens with one attached hydrogen (secondary N) is 2. The van der Waals surface area contributed by atoms with E-state index in [4.69, 9.17) is 16.3 Å². The number of likely N-dealkylation sites (tertiary alicyclic amines) is 1. The highest BCUT2D eigenvalue weighted by Crippen LogP contribution is 2.39. The lowest BCUT2D eigenvalue weighted by Crippen LogP contribution is -2.44. The molecule has 1 aromatic heterocycles. The van der Waals surface area contributed by atoms with Gasteiger partial charge in [-0.3, -0.25) is 4.90 Å². The fraction of sp³-hybridized carbons (Fsp3) is 0.429. The number of benzene rings is 2. The minimum Gasteiger partial charge on any atom is -0.375 e. The van der Waals surface area contributed by atoms with Gasteiger partial charge in [0.2, 0.25) is 5.95 Å². The summed E-state index contributed by atoms with van der Waals surface area (Å²) >= 11 is 6.38. The van der Waals surface area contributed by atoms with Crippen molar-refractivity contribution in [3.05, 3.63) is 64.6 Å². The standard InChI is InChI=1S/C28H32ClFN5O2P/c1-38(2,36)26-12-19(30)6-10-25(26)33-27-24(29)14-31-28(34-27)32-20-7-3-17-4-8-21(9-5-18(17)11-20)35-15-23-13-22(35)16-37-23/h3,6-7,10-12,14,21-23H,4-5,8-9,13,15-16H2,1-2H3,(H2,31,32,33,34)/t21-,22+,23+/m0/s1. The molecule has 0 radical (unpaired) electrons. The molecule has 3 aliphatic rings. The third kappa shape index (κ3) is 5.32. The van der Waals surface area contributed by atoms with Gasteiger partial charge in [-0.1, -0.05) is 17.7 Å². The molecule has 0 unspecified atom stereocenters. The number of aryl methyl sites for hydroxylation is 2. The van der Waals surface area contributed by atoms with E-state index in [0.717, 1.165) is 38.1 Å². The molecule has 6 rings (SSSR count). The number of halogens is 2. The summed E-state index contributed by atoms with van der Waals surface area (Å²) in [6.07, 6.45) is 7.61. The Bertz CT molecular complexity index is 1420. The number of anilines is 4. The lowest BCUT2D eigenvalue weighted by molar-refractivity contribution is 0.00854. The highest BCUT2D eigenvalue weighted by Gasteiger charge is 2.42. The summed E-state index contributed by atoms with van der Waals surface area (Å²) in [7, 11) is -2.75. The van der Waals surface area contributed by atoms with Crippen LogP contribution < -0.4 is 15.9 Å². The maximum Gasteiger partial charge on any atom is 0.229 e. The second kappa shape index (κ2) is 10.2. The van der Waals surface area contributed by atoms with Crippen LogP contribution in [0.1, 0.15) is 30.4 Å². The highest BCUT2D eigenvalue weighted by atomic mass is 35.5. The third-order valence-corrected chi connectivity index (χ3v) is 9.71. The van der Waals surface area contributed by atoms with Gasteiger partial charge in [-0.15, -0.1) is 0 Å². The van der Waals surface area contributed by atoms with Gasteiger partial charge in [0.15, 0.2) is 5.82 Å². The molecule has 2 saturated heterocycles. The first kappa shape index (κ1) is 25.8. The Morgan fingerprint density at radius 2 is 1.89 bits per heavy atom. The molecule has 2 fully saturated rings. The average Bonchev–Trinajstić information content (AvgIpc) is 3.45. The predicted molar refractivity (Wildman–Crippen MR) is 151 cm³/mol. The summed E-state index contributed by atoms with van der Waals surface area (Å²) < 4.78 is 32.4. The van der Waals surface area contributed by atoms with Crippen molar-refractivity contribution >= 4 is 47.2 Å². The Morgan fingerprint density at radius 1 is 1.08 bits per heavy atom. The molecule has 38 heavy (non-hydrogen) atoms. The summed E-state index contributed by atoms with van der Waals surface area (Å²) in [5, 5.41) is 7.14. The van der Waals surface area contributed by atoms with Gasteiger partial charge in [-0.2, -0.15) is 4.98 Å². The van der Waals surface area contributed by atoms with Crippen molar-refractivity contribution in [3.8, 4) is 0 Å². The van der Waals surface area contributed by atoms with E-state index in [0.29, 0.717) is 46.0 Å². The van der Waals surface area contributed by atoms with E-state index in [1.807, 2.05) is 0 Å². The molecule has 3 heterocycles. The SMILES string of the molecule is CP(C)(=O)c1cc(F)ccc1Nc1nc(Nc2ccc3c(c2)CC[C@@H](N2C[C@H]4C[C@@H]2CO4)CC3)ncc1Cl. The summed E-state index contributed by atoms with van der Waals surface area (Å²) in [6, 6.07) is 11.8. The van der Waals surface area contributed by atoms with Gasteiger partial charge in [0.1, 0.15) is 18.0 Å². The molecule has 2 aliphatic heterocycles. The largest absolute Gasteiger partial charge is 0.375 e. The summed E-state index contributed by atoms with van der Waals surface area (Å²) in [5.74, 6) is 0.296. The van der Waals surface area contributed by atoms with Crippen molar-refractivity contribution < 1.29 is 13.7 Å². The van der Waals surface area contributed by atoms with E-state index < -0.39 is 13.0 Å². The van der Waals surface area contributed by atoms with Crippen molar-refractivity contribution in [2.24, 2.45) is 0 Å². The van der Waals surface area contributed by atoms with Gasteiger partial charge in [-0.25, -0.2) is 9.37 Å². The van der Waals surface area contributed by atoms with Crippen LogP contribution in [0.4, 0.5) is 27.5 Å². The molecular formula is C28H32ClFN5O2P. The zero-order valence-corrected chi connectivity index (χ0v) is 23.2. The first-order chi connectivity index (χ1) is 18.2. The monoisotopic (exact) mass is 555 g/mol. The first-order valence-electron chi connectivity index (χ1n) is 13.1. The molecule has 1 aliphatic carbocycles. The Balaban J connectivity index is 1.18. The highest BCUT2D eigenvalue weighted by molar-refractivity contribution is 7.70. The maximum absolute atomic E-state index is 13.9. The molecule has 0 amide bonds. The Morgan fingerprint density at radius 3 is 2.63 bits per heavy atom. The predicted octanol–water partition coefficient (Wildman–Crippen LogP) is 5.72. The quantitative estimate of drug-likeness (QED) is 0.297. The Labute approximate surface area is 227 Å². The summed E-state index contributed by atoms with van der Waals surface area (Å²) in [6.45, 7) is 5.17. The zero-order chi connectivity index (χ0) is 26.4. The first-order valence-corrected chi connectivity index (χ1v) is 16.1. The van der Waals surface area contributed by atoms with Gasteiger partial charge < -0.3 is 19.9 Å². The van der Waals surface area contributed by atoms with Gasteiger partial charge in [0, 0.05) is 29.6 Å². The molecule has 10 heteroatoms. The lowest BCUT2D eigenvalue weighted by Gasteiger charge is -2.34. The van der Waals surface area contributed by atoms with Gasteiger partial charge >= 0.3 is 0 Å². The zero-order valence-electron chi connectivity index (χ0n) is 21.6. The molecule has 200 valence electrons. The van der Waals surface area contributed by atoms with Gasteiger partial charge in [-0.05, 0) is 86.9 Å². The molecule has 2 bridgehead atoms. The number of aromatic nitrogens is 2.